The van der Waals surface area contributed by atoms with Crippen LogP contribution in [0.1, 0.15) is 38.8 Å². The second-order valence-electron chi connectivity index (χ2n) is 7.09. The van der Waals surface area contributed by atoms with E-state index >= 15 is 0 Å². The molecule has 0 radical (unpaired) electrons. The van der Waals surface area contributed by atoms with E-state index in [2.05, 4.69) is 10.6 Å². The van der Waals surface area contributed by atoms with Crippen LogP contribution in [0.25, 0.3) is 0 Å². The molecule has 0 aliphatic heterocycles. The molecule has 164 valence electrons. The molecule has 0 aromatic heterocycles. The van der Waals surface area contributed by atoms with Crippen LogP contribution in [0.15, 0.2) is 66.7 Å². The lowest BCUT2D eigenvalue weighted by atomic mass is 10.1. The molecular formula is C25H24N2O5. The standard InChI is InChI=1S/C25H24N2O5/c1-4-31-25(30)32-22-13-7-18(8-14-22)23(28)26-20-9-11-21(12-10-20)27-24(29)19-6-5-16(2)17(3)15-19/h5-15H,4H2,1-3H3,(H,26,28)(H,27,29). The van der Waals surface area contributed by atoms with Gasteiger partial charge < -0.3 is 20.1 Å². The van der Waals surface area contributed by atoms with Crippen molar-refractivity contribution in [3.8, 4) is 5.75 Å². The Morgan fingerprint density at radius 3 is 1.78 bits per heavy atom. The number of hydrogen-bond donors (Lipinski definition) is 2. The summed E-state index contributed by atoms with van der Waals surface area (Å²) >= 11 is 0. The predicted molar refractivity (Wildman–Crippen MR) is 122 cm³/mol. The highest BCUT2D eigenvalue weighted by Crippen LogP contribution is 2.18. The maximum Gasteiger partial charge on any atom is 0.513 e. The first-order chi connectivity index (χ1) is 15.4. The van der Waals surface area contributed by atoms with Crippen molar-refractivity contribution in [1.29, 1.82) is 0 Å². The van der Waals surface area contributed by atoms with Gasteiger partial charge in [-0.2, -0.15) is 0 Å². The van der Waals surface area contributed by atoms with E-state index in [1.54, 1.807) is 49.4 Å². The van der Waals surface area contributed by atoms with Gasteiger partial charge in [0, 0.05) is 22.5 Å². The van der Waals surface area contributed by atoms with Crippen molar-refractivity contribution >= 4 is 29.3 Å². The highest BCUT2D eigenvalue weighted by molar-refractivity contribution is 6.05. The van der Waals surface area contributed by atoms with Crippen molar-refractivity contribution in [2.45, 2.75) is 20.8 Å². The highest BCUT2D eigenvalue weighted by atomic mass is 16.7. The molecule has 0 saturated carbocycles. The van der Waals surface area contributed by atoms with Crippen LogP contribution in [0.5, 0.6) is 5.75 Å². The fourth-order valence-corrected chi connectivity index (χ4v) is 2.84. The van der Waals surface area contributed by atoms with E-state index in [4.69, 9.17) is 9.47 Å². The molecule has 3 rings (SSSR count). The topological polar surface area (TPSA) is 93.7 Å². The third-order valence-electron chi connectivity index (χ3n) is 4.75. The lowest BCUT2D eigenvalue weighted by Crippen LogP contribution is -2.14. The van der Waals surface area contributed by atoms with Gasteiger partial charge in [-0.3, -0.25) is 9.59 Å². The van der Waals surface area contributed by atoms with Gasteiger partial charge in [-0.15, -0.1) is 0 Å². The first kappa shape index (κ1) is 22.6. The van der Waals surface area contributed by atoms with Crippen molar-refractivity contribution in [2.24, 2.45) is 0 Å². The lowest BCUT2D eigenvalue weighted by Gasteiger charge is -2.09. The van der Waals surface area contributed by atoms with Gasteiger partial charge in [-0.05, 0) is 92.6 Å². The van der Waals surface area contributed by atoms with Crippen LogP contribution in [0.4, 0.5) is 16.2 Å². The Labute approximate surface area is 186 Å². The minimum absolute atomic E-state index is 0.199. The van der Waals surface area contributed by atoms with E-state index in [-0.39, 0.29) is 24.2 Å². The van der Waals surface area contributed by atoms with Gasteiger partial charge in [-0.1, -0.05) is 6.07 Å². The SMILES string of the molecule is CCOC(=O)Oc1ccc(C(=O)Nc2ccc(NC(=O)c3ccc(C)c(C)c3)cc2)cc1. The summed E-state index contributed by atoms with van der Waals surface area (Å²) in [5, 5.41) is 5.63. The molecule has 32 heavy (non-hydrogen) atoms. The number of rotatable bonds is 6. The average Bonchev–Trinajstić information content (AvgIpc) is 2.77. The number of carbonyl (C=O) groups is 3. The van der Waals surface area contributed by atoms with E-state index in [1.165, 1.54) is 12.1 Å². The summed E-state index contributed by atoms with van der Waals surface area (Å²) in [6.45, 7) is 5.85. The van der Waals surface area contributed by atoms with Gasteiger partial charge in [0.2, 0.25) is 0 Å². The summed E-state index contributed by atoms with van der Waals surface area (Å²) in [7, 11) is 0. The summed E-state index contributed by atoms with van der Waals surface area (Å²) in [6.07, 6.45) is -0.797. The van der Waals surface area contributed by atoms with Crippen molar-refractivity contribution in [3.63, 3.8) is 0 Å². The minimum Gasteiger partial charge on any atom is -0.434 e. The predicted octanol–water partition coefficient (Wildman–Crippen LogP) is 5.34. The van der Waals surface area contributed by atoms with Crippen LogP contribution in [-0.2, 0) is 4.74 Å². The van der Waals surface area contributed by atoms with E-state index in [0.29, 0.717) is 22.5 Å². The molecule has 0 heterocycles. The van der Waals surface area contributed by atoms with E-state index in [9.17, 15) is 14.4 Å². The molecule has 3 aromatic rings. The van der Waals surface area contributed by atoms with Gasteiger partial charge in [-0.25, -0.2) is 4.79 Å². The number of aryl methyl sites for hydroxylation is 2. The molecule has 7 nitrogen and oxygen atoms in total. The Hall–Kier alpha value is -4.13. The molecule has 3 aromatic carbocycles. The van der Waals surface area contributed by atoms with Crippen LogP contribution >= 0.6 is 0 Å². The summed E-state index contributed by atoms with van der Waals surface area (Å²) in [5.41, 5.74) is 4.35. The number of benzene rings is 3. The van der Waals surface area contributed by atoms with Gasteiger partial charge in [0.1, 0.15) is 5.75 Å². The Morgan fingerprint density at radius 1 is 0.719 bits per heavy atom. The van der Waals surface area contributed by atoms with Crippen LogP contribution in [0, 0.1) is 13.8 Å². The molecule has 0 aliphatic carbocycles. The second-order valence-corrected chi connectivity index (χ2v) is 7.09. The molecule has 0 atom stereocenters. The zero-order chi connectivity index (χ0) is 23.1. The quantitative estimate of drug-likeness (QED) is 0.405. The summed E-state index contributed by atoms with van der Waals surface area (Å²) in [4.78, 5) is 36.2. The number of ether oxygens (including phenoxy) is 2. The minimum atomic E-state index is -0.797. The average molecular weight is 432 g/mol. The molecular weight excluding hydrogens is 408 g/mol. The third-order valence-corrected chi connectivity index (χ3v) is 4.75. The monoisotopic (exact) mass is 432 g/mol. The van der Waals surface area contributed by atoms with Gasteiger partial charge >= 0.3 is 6.16 Å². The largest absolute Gasteiger partial charge is 0.513 e. The van der Waals surface area contributed by atoms with E-state index < -0.39 is 6.16 Å². The fourth-order valence-electron chi connectivity index (χ4n) is 2.84. The highest BCUT2D eigenvalue weighted by Gasteiger charge is 2.10. The van der Waals surface area contributed by atoms with Gasteiger partial charge in [0.15, 0.2) is 0 Å². The Balaban J connectivity index is 1.57. The zero-order valence-corrected chi connectivity index (χ0v) is 18.1. The van der Waals surface area contributed by atoms with Crippen LogP contribution in [0.3, 0.4) is 0 Å². The molecule has 0 unspecified atom stereocenters. The molecule has 0 spiro atoms. The lowest BCUT2D eigenvalue weighted by molar-refractivity contribution is 0.101. The number of nitrogens with one attached hydrogen (secondary N) is 2. The van der Waals surface area contributed by atoms with Crippen molar-refractivity contribution in [1.82, 2.24) is 0 Å². The molecule has 7 heteroatoms. The molecule has 0 saturated heterocycles. The number of amides is 2. The zero-order valence-electron chi connectivity index (χ0n) is 18.1. The van der Waals surface area contributed by atoms with E-state index in [0.717, 1.165) is 11.1 Å². The fraction of sp³-hybridized carbons (Fsp3) is 0.160. The number of carbonyl (C=O) groups excluding carboxylic acids is 3. The van der Waals surface area contributed by atoms with Crippen LogP contribution in [0.2, 0.25) is 0 Å². The van der Waals surface area contributed by atoms with E-state index in [1.807, 2.05) is 26.0 Å². The maximum atomic E-state index is 12.4. The normalized spacial score (nSPS) is 10.2. The summed E-state index contributed by atoms with van der Waals surface area (Å²) in [5.74, 6) is -0.238. The summed E-state index contributed by atoms with van der Waals surface area (Å²) in [6, 6.07) is 18.5. The van der Waals surface area contributed by atoms with Crippen molar-refractivity contribution in [2.75, 3.05) is 17.2 Å². The molecule has 0 bridgehead atoms. The smallest absolute Gasteiger partial charge is 0.434 e. The van der Waals surface area contributed by atoms with Crippen molar-refractivity contribution < 1.29 is 23.9 Å². The van der Waals surface area contributed by atoms with Crippen molar-refractivity contribution in [3.05, 3.63) is 89.0 Å². The van der Waals surface area contributed by atoms with Crippen LogP contribution in [-0.4, -0.2) is 24.6 Å². The maximum absolute atomic E-state index is 12.4. The second kappa shape index (κ2) is 10.3. The molecule has 2 amide bonds. The molecule has 2 N–H and O–H groups in total. The van der Waals surface area contributed by atoms with Gasteiger partial charge in [0.05, 0.1) is 6.61 Å². The van der Waals surface area contributed by atoms with Crippen LogP contribution < -0.4 is 15.4 Å². The first-order valence-corrected chi connectivity index (χ1v) is 10.1. The first-order valence-electron chi connectivity index (χ1n) is 10.1. The molecule has 0 aliphatic rings. The third kappa shape index (κ3) is 5.95. The Kier molecular flexibility index (Phi) is 7.23. The Morgan fingerprint density at radius 2 is 1.25 bits per heavy atom. The Bertz CT molecular complexity index is 1120. The number of anilines is 2. The molecule has 0 fully saturated rings. The van der Waals surface area contributed by atoms with Gasteiger partial charge in [0.25, 0.3) is 11.8 Å². The number of hydrogen-bond acceptors (Lipinski definition) is 5. The summed E-state index contributed by atoms with van der Waals surface area (Å²) < 4.78 is 9.67.